The second kappa shape index (κ2) is 16.1. The molecule has 0 spiro atoms. The van der Waals surface area contributed by atoms with Crippen LogP contribution in [0.25, 0.3) is 0 Å². The molecule has 0 unspecified atom stereocenters. The lowest BCUT2D eigenvalue weighted by Crippen LogP contribution is -2.59. The van der Waals surface area contributed by atoms with Crippen molar-refractivity contribution >= 4 is 0 Å². The summed E-state index contributed by atoms with van der Waals surface area (Å²) in [5.41, 5.74) is 1.23. The number of hydrogen-bond acceptors (Lipinski definition) is 18. The largest absolute Gasteiger partial charge is 0.394 e. The van der Waals surface area contributed by atoms with Crippen LogP contribution in [-0.4, -0.2) is 173 Å². The molecule has 15 atom stereocenters. The van der Waals surface area contributed by atoms with Gasteiger partial charge in [0.05, 0.1) is 39.6 Å². The van der Waals surface area contributed by atoms with Gasteiger partial charge in [-0.05, 0) is 16.7 Å². The normalized spacial score (nSPS) is 42.5. The smallest absolute Gasteiger partial charge is 0.187 e. The van der Waals surface area contributed by atoms with Crippen LogP contribution in [-0.2, 0) is 48.2 Å². The van der Waals surface area contributed by atoms with Gasteiger partial charge in [-0.1, -0.05) is 18.2 Å². The highest BCUT2D eigenvalue weighted by Crippen LogP contribution is 2.27. The van der Waals surface area contributed by atoms with Crippen LogP contribution in [0.1, 0.15) is 16.7 Å². The predicted octanol–water partition coefficient (Wildman–Crippen LogP) is -6.36. The third-order valence-electron chi connectivity index (χ3n) is 8.04. The first-order valence-electron chi connectivity index (χ1n) is 14.3. The zero-order chi connectivity index (χ0) is 33.0. The molecule has 1 aromatic rings. The van der Waals surface area contributed by atoms with Gasteiger partial charge in [0.1, 0.15) is 73.2 Å². The van der Waals surface area contributed by atoms with E-state index in [2.05, 4.69) is 0 Å². The number of ether oxygens (including phenoxy) is 6. The lowest BCUT2D eigenvalue weighted by atomic mass is 9.99. The molecule has 18 nitrogen and oxygen atoms in total. The Kier molecular flexibility index (Phi) is 13.0. The average molecular weight is 655 g/mol. The standard InChI is InChI=1S/C27H42O18/c28-4-13-16(31)19(34)22(37)25(43-13)40-7-10-1-2-11(8-41-26-23(38)20(35)17(32)14(5-29)44-26)12(3-10)9-42-27-24(39)21(36)18(33)15(6-30)45-27/h1-3,13-39H,4-9H2/t13-,14-,15-,16-,17-,18-,19+,20+,21+,22-,23-,24-,25+,26+,27+/m1/s1. The molecule has 0 aliphatic carbocycles. The second-order valence-corrected chi connectivity index (χ2v) is 11.1. The molecule has 3 heterocycles. The number of aliphatic hydroxyl groups excluding tert-OH is 12. The van der Waals surface area contributed by atoms with Gasteiger partial charge in [-0.25, -0.2) is 0 Å². The Labute approximate surface area is 256 Å². The number of hydrogen-bond donors (Lipinski definition) is 12. The molecule has 0 saturated carbocycles. The van der Waals surface area contributed by atoms with Gasteiger partial charge in [0.25, 0.3) is 0 Å². The maximum atomic E-state index is 10.4. The molecule has 3 aliphatic heterocycles. The van der Waals surface area contributed by atoms with Crippen LogP contribution in [0.15, 0.2) is 18.2 Å². The third kappa shape index (κ3) is 8.15. The topological polar surface area (TPSA) is 298 Å². The first-order valence-corrected chi connectivity index (χ1v) is 14.3. The Morgan fingerprint density at radius 1 is 0.444 bits per heavy atom. The molecule has 3 saturated heterocycles. The molecule has 45 heavy (non-hydrogen) atoms. The van der Waals surface area contributed by atoms with E-state index in [1.807, 2.05) is 0 Å². The summed E-state index contributed by atoms with van der Waals surface area (Å²) in [6.45, 7) is -2.79. The first-order chi connectivity index (χ1) is 21.4. The van der Waals surface area contributed by atoms with Gasteiger partial charge in [0, 0.05) is 0 Å². The first kappa shape index (κ1) is 36.3. The van der Waals surface area contributed by atoms with Gasteiger partial charge >= 0.3 is 0 Å². The highest BCUT2D eigenvalue weighted by Gasteiger charge is 2.46. The van der Waals surface area contributed by atoms with E-state index in [-0.39, 0.29) is 19.8 Å². The van der Waals surface area contributed by atoms with Crippen molar-refractivity contribution in [2.45, 2.75) is 112 Å². The summed E-state index contributed by atoms with van der Waals surface area (Å²) in [6.07, 6.45) is -22.7. The van der Waals surface area contributed by atoms with Crippen LogP contribution in [0.3, 0.4) is 0 Å². The van der Waals surface area contributed by atoms with Gasteiger partial charge in [0.2, 0.25) is 0 Å². The Hall–Kier alpha value is -1.50. The zero-order valence-electron chi connectivity index (χ0n) is 24.0. The van der Waals surface area contributed by atoms with E-state index < -0.39 is 112 Å². The lowest BCUT2D eigenvalue weighted by molar-refractivity contribution is -0.305. The quantitative estimate of drug-likeness (QED) is 0.0997. The zero-order valence-corrected chi connectivity index (χ0v) is 24.0. The van der Waals surface area contributed by atoms with Crippen LogP contribution < -0.4 is 0 Å². The van der Waals surface area contributed by atoms with Crippen molar-refractivity contribution < 1.29 is 89.7 Å². The number of aliphatic hydroxyl groups is 12. The van der Waals surface area contributed by atoms with E-state index >= 15 is 0 Å². The minimum atomic E-state index is -1.69. The molecule has 0 amide bonds. The van der Waals surface area contributed by atoms with Gasteiger partial charge in [-0.3, -0.25) is 0 Å². The minimum Gasteiger partial charge on any atom is -0.394 e. The van der Waals surface area contributed by atoms with Gasteiger partial charge < -0.3 is 89.7 Å². The molecule has 18 heteroatoms. The molecule has 12 N–H and O–H groups in total. The SMILES string of the molecule is OC[C@H]1O[C@H](OCc2ccc(CO[C@H]3O[C@H](CO)[C@@H](O)[C@H](O)[C@H]3O)c(CO[C@H]3O[C@H](CO)[C@@H](O)[C@H](O)[C@H]3O)c2)[C@H](O)[C@@H](O)[C@@H]1O. The molecule has 3 fully saturated rings. The van der Waals surface area contributed by atoms with Crippen LogP contribution in [0, 0.1) is 0 Å². The van der Waals surface area contributed by atoms with Crippen molar-refractivity contribution in [3.05, 3.63) is 34.9 Å². The van der Waals surface area contributed by atoms with Crippen molar-refractivity contribution in [3.8, 4) is 0 Å². The molecule has 1 aromatic carbocycles. The highest BCUT2D eigenvalue weighted by molar-refractivity contribution is 5.31. The number of rotatable bonds is 12. The van der Waals surface area contributed by atoms with Crippen molar-refractivity contribution in [2.75, 3.05) is 19.8 Å². The van der Waals surface area contributed by atoms with Gasteiger partial charge in [-0.2, -0.15) is 0 Å². The van der Waals surface area contributed by atoms with E-state index in [1.54, 1.807) is 18.2 Å². The monoisotopic (exact) mass is 654 g/mol. The summed E-state index contributed by atoms with van der Waals surface area (Å²) in [5, 5.41) is 120. The van der Waals surface area contributed by atoms with Gasteiger partial charge in [0.15, 0.2) is 18.9 Å². The van der Waals surface area contributed by atoms with Crippen molar-refractivity contribution in [3.63, 3.8) is 0 Å². The summed E-state index contributed by atoms with van der Waals surface area (Å²) in [4.78, 5) is 0. The predicted molar refractivity (Wildman–Crippen MR) is 142 cm³/mol. The van der Waals surface area contributed by atoms with E-state index in [9.17, 15) is 61.3 Å². The lowest BCUT2D eigenvalue weighted by Gasteiger charge is -2.40. The van der Waals surface area contributed by atoms with Crippen LogP contribution in [0.5, 0.6) is 0 Å². The van der Waals surface area contributed by atoms with Crippen LogP contribution in [0.2, 0.25) is 0 Å². The van der Waals surface area contributed by atoms with Crippen molar-refractivity contribution in [1.29, 1.82) is 0 Å². The van der Waals surface area contributed by atoms with Crippen LogP contribution >= 0.6 is 0 Å². The fourth-order valence-electron chi connectivity index (χ4n) is 5.18. The summed E-state index contributed by atoms with van der Waals surface area (Å²) in [6, 6.07) is 4.69. The minimum absolute atomic E-state index is 0.219. The van der Waals surface area contributed by atoms with E-state index in [4.69, 9.17) is 28.4 Å². The molecular formula is C27H42O18. The van der Waals surface area contributed by atoms with Crippen molar-refractivity contribution in [2.24, 2.45) is 0 Å². The van der Waals surface area contributed by atoms with Gasteiger partial charge in [-0.15, -0.1) is 0 Å². The highest BCUT2D eigenvalue weighted by atomic mass is 16.7. The summed E-state index contributed by atoms with van der Waals surface area (Å²) >= 11 is 0. The summed E-state index contributed by atoms with van der Waals surface area (Å²) in [7, 11) is 0. The molecular weight excluding hydrogens is 612 g/mol. The maximum Gasteiger partial charge on any atom is 0.187 e. The van der Waals surface area contributed by atoms with E-state index in [0.717, 1.165) is 0 Å². The van der Waals surface area contributed by atoms with Crippen molar-refractivity contribution in [1.82, 2.24) is 0 Å². The van der Waals surface area contributed by atoms with Crippen LogP contribution in [0.4, 0.5) is 0 Å². The fraction of sp³-hybridized carbons (Fsp3) is 0.778. The molecule has 0 bridgehead atoms. The fourth-order valence-corrected chi connectivity index (χ4v) is 5.18. The maximum absolute atomic E-state index is 10.4. The van der Waals surface area contributed by atoms with E-state index in [1.165, 1.54) is 0 Å². The Morgan fingerprint density at radius 3 is 1.18 bits per heavy atom. The molecule has 3 aliphatic rings. The second-order valence-electron chi connectivity index (χ2n) is 11.1. The molecule has 0 aromatic heterocycles. The Bertz CT molecular complexity index is 1060. The average Bonchev–Trinajstić information content (AvgIpc) is 3.04. The summed E-state index contributed by atoms with van der Waals surface area (Å²) < 4.78 is 33.1. The number of benzene rings is 1. The third-order valence-corrected chi connectivity index (χ3v) is 8.04. The molecule has 4 rings (SSSR count). The molecule has 0 radical (unpaired) electrons. The van der Waals surface area contributed by atoms with E-state index in [0.29, 0.717) is 16.7 Å². The Balaban J connectivity index is 1.50. The Morgan fingerprint density at radius 2 is 0.800 bits per heavy atom. The summed E-state index contributed by atoms with van der Waals surface area (Å²) in [5.74, 6) is 0. The molecule has 258 valence electrons.